The molecular weight excluding hydrogens is 286 g/mol. The van der Waals surface area contributed by atoms with Crippen LogP contribution in [0.3, 0.4) is 0 Å². The number of phenolic OH excluding ortho intramolecular Hbond substituents is 1. The van der Waals surface area contributed by atoms with Crippen LogP contribution in [0.4, 0.5) is 0 Å². The highest BCUT2D eigenvalue weighted by atomic mass is 35.5. The topological polar surface area (TPSA) is 49.3 Å². The van der Waals surface area contributed by atoms with E-state index >= 15 is 0 Å². The molecule has 3 nitrogen and oxygen atoms in total. The van der Waals surface area contributed by atoms with Crippen LogP contribution in [0.1, 0.15) is 28.4 Å². The van der Waals surface area contributed by atoms with Gasteiger partial charge >= 0.3 is 0 Å². The monoisotopic (exact) mass is 303 g/mol. The number of hydrogen-bond acceptors (Lipinski definition) is 2. The second-order valence-corrected chi connectivity index (χ2v) is 5.57. The van der Waals surface area contributed by atoms with Crippen LogP contribution in [0.15, 0.2) is 48.5 Å². The number of hydrogen-bond donors (Lipinski definition) is 2. The number of alkyl halides is 1. The molecule has 0 aliphatic rings. The van der Waals surface area contributed by atoms with Gasteiger partial charge in [0.15, 0.2) is 0 Å². The summed E-state index contributed by atoms with van der Waals surface area (Å²) < 4.78 is 0. The van der Waals surface area contributed by atoms with Crippen LogP contribution in [0.25, 0.3) is 0 Å². The second-order valence-electron chi connectivity index (χ2n) is 5.31. The molecule has 0 aromatic heterocycles. The fourth-order valence-corrected chi connectivity index (χ4v) is 2.36. The van der Waals surface area contributed by atoms with E-state index in [2.05, 4.69) is 5.32 Å². The first-order valence-electron chi connectivity index (χ1n) is 6.70. The van der Waals surface area contributed by atoms with Crippen molar-refractivity contribution in [1.82, 2.24) is 5.32 Å². The van der Waals surface area contributed by atoms with Gasteiger partial charge in [-0.05, 0) is 31.5 Å². The smallest absolute Gasteiger partial charge is 0.255 e. The maximum absolute atomic E-state index is 12.4. The third-order valence-corrected chi connectivity index (χ3v) is 4.00. The molecule has 2 rings (SSSR count). The van der Waals surface area contributed by atoms with Crippen LogP contribution >= 0.6 is 11.6 Å². The first-order chi connectivity index (χ1) is 9.96. The third kappa shape index (κ3) is 3.37. The van der Waals surface area contributed by atoms with Crippen molar-refractivity contribution in [3.63, 3.8) is 0 Å². The quantitative estimate of drug-likeness (QED) is 0.848. The Kier molecular flexibility index (Phi) is 4.53. The molecule has 0 bridgehead atoms. The number of benzene rings is 2. The van der Waals surface area contributed by atoms with Gasteiger partial charge in [0.1, 0.15) is 5.75 Å². The Bertz CT molecular complexity index is 642. The predicted octanol–water partition coefficient (Wildman–Crippen LogP) is 3.58. The van der Waals surface area contributed by atoms with E-state index in [0.717, 1.165) is 11.1 Å². The molecule has 0 aliphatic heterocycles. The molecule has 21 heavy (non-hydrogen) atoms. The molecule has 0 heterocycles. The average molecular weight is 304 g/mol. The Hall–Kier alpha value is -2.00. The van der Waals surface area contributed by atoms with Crippen LogP contribution in [0.5, 0.6) is 5.75 Å². The number of aryl methyl sites for hydroxylation is 1. The summed E-state index contributed by atoms with van der Waals surface area (Å²) >= 11 is 6.07. The van der Waals surface area contributed by atoms with Crippen LogP contribution in [0, 0.1) is 6.92 Å². The molecule has 4 heteroatoms. The molecule has 0 spiro atoms. The van der Waals surface area contributed by atoms with E-state index in [1.165, 1.54) is 6.07 Å². The van der Waals surface area contributed by atoms with Gasteiger partial charge in [0.25, 0.3) is 5.91 Å². The van der Waals surface area contributed by atoms with Crippen LogP contribution < -0.4 is 5.32 Å². The molecular formula is C17H18ClNO2. The van der Waals surface area contributed by atoms with Crippen molar-refractivity contribution in [1.29, 1.82) is 0 Å². The zero-order valence-electron chi connectivity index (χ0n) is 12.1. The van der Waals surface area contributed by atoms with Gasteiger partial charge in [-0.25, -0.2) is 0 Å². The molecule has 110 valence electrons. The van der Waals surface area contributed by atoms with E-state index in [-0.39, 0.29) is 23.1 Å². The summed E-state index contributed by atoms with van der Waals surface area (Å²) in [4.78, 5) is 12.4. The number of rotatable bonds is 4. The highest BCUT2D eigenvalue weighted by Gasteiger charge is 2.28. The minimum atomic E-state index is -0.698. The lowest BCUT2D eigenvalue weighted by molar-refractivity contribution is 0.0910. The molecule has 0 radical (unpaired) electrons. The zero-order chi connectivity index (χ0) is 15.5. The number of amides is 1. The fourth-order valence-electron chi connectivity index (χ4n) is 2.14. The number of carbonyl (C=O) groups excluding carboxylic acids is 1. The molecule has 2 aromatic rings. The molecule has 1 atom stereocenters. The standard InChI is InChI=1S/C17H18ClNO2/c1-12-8-9-15(20)14(10-12)16(21)19-17(2,11-18)13-6-4-3-5-7-13/h3-10,20H,11H2,1-2H3,(H,19,21). The zero-order valence-corrected chi connectivity index (χ0v) is 12.8. The Labute approximate surface area is 129 Å². The molecule has 1 amide bonds. The van der Waals surface area contributed by atoms with Gasteiger partial charge in [0.2, 0.25) is 0 Å². The molecule has 2 N–H and O–H groups in total. The summed E-state index contributed by atoms with van der Waals surface area (Å²) in [7, 11) is 0. The first kappa shape index (κ1) is 15.4. The molecule has 2 aromatic carbocycles. The van der Waals surface area contributed by atoms with Crippen LogP contribution in [0.2, 0.25) is 0 Å². The van der Waals surface area contributed by atoms with Crippen molar-refractivity contribution < 1.29 is 9.90 Å². The van der Waals surface area contributed by atoms with Gasteiger partial charge in [-0.2, -0.15) is 0 Å². The average Bonchev–Trinajstić information content (AvgIpc) is 2.50. The lowest BCUT2D eigenvalue weighted by Gasteiger charge is -2.29. The largest absolute Gasteiger partial charge is 0.507 e. The molecule has 1 unspecified atom stereocenters. The van der Waals surface area contributed by atoms with Gasteiger partial charge in [-0.1, -0.05) is 42.0 Å². The van der Waals surface area contributed by atoms with E-state index in [1.54, 1.807) is 12.1 Å². The lowest BCUT2D eigenvalue weighted by Crippen LogP contribution is -2.45. The SMILES string of the molecule is Cc1ccc(O)c(C(=O)NC(C)(CCl)c2ccccc2)c1. The summed E-state index contributed by atoms with van der Waals surface area (Å²) in [6.45, 7) is 3.73. The molecule has 0 saturated carbocycles. The highest BCUT2D eigenvalue weighted by molar-refractivity contribution is 6.19. The predicted molar refractivity (Wildman–Crippen MR) is 84.8 cm³/mol. The van der Waals surface area contributed by atoms with E-state index < -0.39 is 5.54 Å². The maximum Gasteiger partial charge on any atom is 0.255 e. The summed E-state index contributed by atoms with van der Waals surface area (Å²) in [6, 6.07) is 14.5. The number of halogens is 1. The van der Waals surface area contributed by atoms with E-state index in [0.29, 0.717) is 0 Å². The summed E-state index contributed by atoms with van der Waals surface area (Å²) in [5.74, 6) is -0.152. The number of nitrogens with one attached hydrogen (secondary N) is 1. The first-order valence-corrected chi connectivity index (χ1v) is 7.23. The Morgan fingerprint density at radius 2 is 1.90 bits per heavy atom. The second kappa shape index (κ2) is 6.19. The van der Waals surface area contributed by atoms with Crippen molar-refractivity contribution in [2.24, 2.45) is 0 Å². The highest BCUT2D eigenvalue weighted by Crippen LogP contribution is 2.25. The van der Waals surface area contributed by atoms with Crippen molar-refractivity contribution in [3.05, 3.63) is 65.2 Å². The van der Waals surface area contributed by atoms with E-state index in [1.807, 2.05) is 44.2 Å². The fraction of sp³-hybridized carbons (Fsp3) is 0.235. The van der Waals surface area contributed by atoms with Gasteiger partial charge in [0.05, 0.1) is 11.1 Å². The number of carbonyl (C=O) groups is 1. The maximum atomic E-state index is 12.4. The normalized spacial score (nSPS) is 13.5. The van der Waals surface area contributed by atoms with Gasteiger partial charge in [-0.3, -0.25) is 4.79 Å². The minimum absolute atomic E-state index is 0.0388. The Balaban J connectivity index is 2.30. The Morgan fingerprint density at radius 3 is 2.52 bits per heavy atom. The van der Waals surface area contributed by atoms with Crippen LogP contribution in [-0.4, -0.2) is 16.9 Å². The van der Waals surface area contributed by atoms with Gasteiger partial charge < -0.3 is 10.4 Å². The van der Waals surface area contributed by atoms with Crippen molar-refractivity contribution >= 4 is 17.5 Å². The van der Waals surface area contributed by atoms with Gasteiger partial charge in [-0.15, -0.1) is 11.6 Å². The van der Waals surface area contributed by atoms with E-state index in [9.17, 15) is 9.90 Å². The lowest BCUT2D eigenvalue weighted by atomic mass is 9.93. The summed E-state index contributed by atoms with van der Waals surface area (Å²) in [5.41, 5.74) is 1.38. The van der Waals surface area contributed by atoms with E-state index in [4.69, 9.17) is 11.6 Å². The van der Waals surface area contributed by atoms with Crippen molar-refractivity contribution in [2.75, 3.05) is 5.88 Å². The molecule has 0 aliphatic carbocycles. The molecule has 0 fully saturated rings. The van der Waals surface area contributed by atoms with Crippen molar-refractivity contribution in [3.8, 4) is 5.75 Å². The number of phenols is 1. The number of aromatic hydroxyl groups is 1. The Morgan fingerprint density at radius 1 is 1.24 bits per heavy atom. The van der Waals surface area contributed by atoms with Crippen LogP contribution in [-0.2, 0) is 5.54 Å². The summed E-state index contributed by atoms with van der Waals surface area (Å²) in [6.07, 6.45) is 0. The summed E-state index contributed by atoms with van der Waals surface area (Å²) in [5, 5.41) is 12.8. The third-order valence-electron chi connectivity index (χ3n) is 3.46. The molecule has 0 saturated heterocycles. The van der Waals surface area contributed by atoms with Crippen molar-refractivity contribution in [2.45, 2.75) is 19.4 Å². The minimum Gasteiger partial charge on any atom is -0.507 e. The van der Waals surface area contributed by atoms with Gasteiger partial charge in [0, 0.05) is 5.88 Å².